The first-order valence-corrected chi connectivity index (χ1v) is 7.22. The Hall–Kier alpha value is -1.97. The summed E-state index contributed by atoms with van der Waals surface area (Å²) in [4.78, 5) is 13.6. The summed E-state index contributed by atoms with van der Waals surface area (Å²) < 4.78 is 6.24. The molecular formula is C17H14O2S. The first-order chi connectivity index (χ1) is 9.81. The molecule has 3 rings (SSSR count). The summed E-state index contributed by atoms with van der Waals surface area (Å²) in [5.41, 5.74) is 1.87. The van der Waals surface area contributed by atoms with Gasteiger partial charge in [0.15, 0.2) is 5.43 Å². The van der Waals surface area contributed by atoms with E-state index in [0.29, 0.717) is 6.61 Å². The molecule has 3 heteroatoms. The molecule has 0 fully saturated rings. The first-order valence-electron chi connectivity index (χ1n) is 6.40. The van der Waals surface area contributed by atoms with E-state index < -0.39 is 0 Å². The standard InChI is InChI=1S/C17H14O2S/c1-19-11-14-16(18)13-9-5-6-10-15(13)20-17(14)12-7-3-2-4-8-12/h2-10H,11H2,1H3. The molecule has 0 radical (unpaired) electrons. The molecule has 0 aliphatic rings. The second-order valence-electron chi connectivity index (χ2n) is 4.53. The van der Waals surface area contributed by atoms with Crippen LogP contribution in [0.15, 0.2) is 59.4 Å². The molecule has 0 atom stereocenters. The van der Waals surface area contributed by atoms with E-state index in [1.807, 2.05) is 54.6 Å². The molecule has 0 bridgehead atoms. The van der Waals surface area contributed by atoms with Crippen molar-refractivity contribution in [2.75, 3.05) is 7.11 Å². The van der Waals surface area contributed by atoms with Crippen LogP contribution in [0.1, 0.15) is 5.56 Å². The molecule has 0 aliphatic heterocycles. The predicted molar refractivity (Wildman–Crippen MR) is 84.2 cm³/mol. The topological polar surface area (TPSA) is 26.3 Å². The molecule has 1 heterocycles. The number of methoxy groups -OCH3 is 1. The molecule has 2 aromatic carbocycles. The van der Waals surface area contributed by atoms with E-state index in [9.17, 15) is 4.79 Å². The lowest BCUT2D eigenvalue weighted by Crippen LogP contribution is -2.10. The minimum Gasteiger partial charge on any atom is -0.380 e. The van der Waals surface area contributed by atoms with Crippen molar-refractivity contribution in [3.05, 3.63) is 70.4 Å². The molecule has 0 unspecified atom stereocenters. The predicted octanol–water partition coefficient (Wildman–Crippen LogP) is 4.07. The highest BCUT2D eigenvalue weighted by Gasteiger charge is 2.13. The summed E-state index contributed by atoms with van der Waals surface area (Å²) in [6, 6.07) is 17.7. The van der Waals surface area contributed by atoms with E-state index >= 15 is 0 Å². The van der Waals surface area contributed by atoms with Crippen molar-refractivity contribution in [1.29, 1.82) is 0 Å². The third-order valence-corrected chi connectivity index (χ3v) is 4.48. The average molecular weight is 282 g/mol. The molecular weight excluding hydrogens is 268 g/mol. The van der Waals surface area contributed by atoms with Gasteiger partial charge in [-0.05, 0) is 17.7 Å². The fraction of sp³-hybridized carbons (Fsp3) is 0.118. The van der Waals surface area contributed by atoms with Gasteiger partial charge in [0.2, 0.25) is 0 Å². The Kier molecular flexibility index (Phi) is 3.63. The maximum absolute atomic E-state index is 12.6. The number of hydrogen-bond acceptors (Lipinski definition) is 3. The Balaban J connectivity index is 2.35. The van der Waals surface area contributed by atoms with Crippen LogP contribution in [0.25, 0.3) is 20.5 Å². The van der Waals surface area contributed by atoms with E-state index in [1.165, 1.54) is 0 Å². The van der Waals surface area contributed by atoms with Gasteiger partial charge in [0.1, 0.15) is 0 Å². The highest BCUT2D eigenvalue weighted by molar-refractivity contribution is 7.21. The van der Waals surface area contributed by atoms with Crippen molar-refractivity contribution in [3.63, 3.8) is 0 Å². The van der Waals surface area contributed by atoms with Crippen LogP contribution >= 0.6 is 11.3 Å². The zero-order valence-corrected chi connectivity index (χ0v) is 11.9. The quantitative estimate of drug-likeness (QED) is 0.723. The SMILES string of the molecule is COCc1c(-c2ccccc2)sc2ccccc2c1=O. The summed E-state index contributed by atoms with van der Waals surface area (Å²) >= 11 is 1.64. The van der Waals surface area contributed by atoms with Gasteiger partial charge in [0.25, 0.3) is 0 Å². The lowest BCUT2D eigenvalue weighted by atomic mass is 10.1. The minimum absolute atomic E-state index is 0.0695. The van der Waals surface area contributed by atoms with Crippen molar-refractivity contribution in [2.45, 2.75) is 6.61 Å². The van der Waals surface area contributed by atoms with E-state index in [4.69, 9.17) is 4.74 Å². The van der Waals surface area contributed by atoms with Crippen LogP contribution in [0.4, 0.5) is 0 Å². The molecule has 2 nitrogen and oxygen atoms in total. The van der Waals surface area contributed by atoms with Gasteiger partial charge in [0.05, 0.1) is 6.61 Å². The Bertz CT molecular complexity index is 791. The zero-order valence-electron chi connectivity index (χ0n) is 11.1. The Morgan fingerprint density at radius 1 is 1.00 bits per heavy atom. The van der Waals surface area contributed by atoms with Crippen LogP contribution in [0.2, 0.25) is 0 Å². The molecule has 0 saturated heterocycles. The van der Waals surface area contributed by atoms with Crippen LogP contribution in [0, 0.1) is 0 Å². The van der Waals surface area contributed by atoms with Crippen LogP contribution in [-0.4, -0.2) is 7.11 Å². The first kappa shape index (κ1) is 13.0. The fourth-order valence-electron chi connectivity index (χ4n) is 2.28. The van der Waals surface area contributed by atoms with Crippen LogP contribution in [0.5, 0.6) is 0 Å². The normalized spacial score (nSPS) is 10.8. The summed E-state index contributed by atoms with van der Waals surface area (Å²) in [5, 5.41) is 0.768. The Labute approximate surface area is 121 Å². The summed E-state index contributed by atoms with van der Waals surface area (Å²) in [6.45, 7) is 0.338. The van der Waals surface area contributed by atoms with E-state index in [2.05, 4.69) is 0 Å². The van der Waals surface area contributed by atoms with Gasteiger partial charge in [-0.3, -0.25) is 4.79 Å². The van der Waals surface area contributed by atoms with Crippen molar-refractivity contribution >= 4 is 21.4 Å². The van der Waals surface area contributed by atoms with Crippen molar-refractivity contribution < 1.29 is 4.74 Å². The second kappa shape index (κ2) is 5.57. The molecule has 0 aliphatic carbocycles. The van der Waals surface area contributed by atoms with Gasteiger partial charge in [-0.15, -0.1) is 11.3 Å². The number of ether oxygens (including phenoxy) is 1. The van der Waals surface area contributed by atoms with Crippen molar-refractivity contribution in [1.82, 2.24) is 0 Å². The van der Waals surface area contributed by atoms with E-state index in [0.717, 1.165) is 26.1 Å². The van der Waals surface area contributed by atoms with E-state index in [1.54, 1.807) is 18.4 Å². The summed E-state index contributed by atoms with van der Waals surface area (Å²) in [7, 11) is 1.62. The molecule has 3 aromatic rings. The zero-order chi connectivity index (χ0) is 13.9. The van der Waals surface area contributed by atoms with Gasteiger partial charge in [-0.2, -0.15) is 0 Å². The average Bonchev–Trinajstić information content (AvgIpc) is 2.51. The molecule has 0 N–H and O–H groups in total. The monoisotopic (exact) mass is 282 g/mol. The van der Waals surface area contributed by atoms with Gasteiger partial charge in [-0.1, -0.05) is 42.5 Å². The Morgan fingerprint density at radius 3 is 2.45 bits per heavy atom. The van der Waals surface area contributed by atoms with Crippen LogP contribution in [-0.2, 0) is 11.3 Å². The minimum atomic E-state index is 0.0695. The highest BCUT2D eigenvalue weighted by atomic mass is 32.1. The van der Waals surface area contributed by atoms with Gasteiger partial charge >= 0.3 is 0 Å². The lowest BCUT2D eigenvalue weighted by molar-refractivity contribution is 0.185. The highest BCUT2D eigenvalue weighted by Crippen LogP contribution is 2.31. The van der Waals surface area contributed by atoms with Crippen molar-refractivity contribution in [3.8, 4) is 10.4 Å². The van der Waals surface area contributed by atoms with E-state index in [-0.39, 0.29) is 5.43 Å². The maximum atomic E-state index is 12.6. The van der Waals surface area contributed by atoms with Crippen molar-refractivity contribution in [2.24, 2.45) is 0 Å². The van der Waals surface area contributed by atoms with Crippen LogP contribution < -0.4 is 5.43 Å². The molecule has 0 amide bonds. The fourth-order valence-corrected chi connectivity index (χ4v) is 3.44. The summed E-state index contributed by atoms with van der Waals surface area (Å²) in [5.74, 6) is 0. The number of hydrogen-bond donors (Lipinski definition) is 0. The third kappa shape index (κ3) is 2.26. The van der Waals surface area contributed by atoms with Gasteiger partial charge in [-0.25, -0.2) is 0 Å². The number of benzene rings is 2. The smallest absolute Gasteiger partial charge is 0.194 e. The Morgan fingerprint density at radius 2 is 1.70 bits per heavy atom. The second-order valence-corrected chi connectivity index (χ2v) is 5.59. The molecule has 0 spiro atoms. The van der Waals surface area contributed by atoms with Gasteiger partial charge < -0.3 is 4.74 Å². The largest absolute Gasteiger partial charge is 0.380 e. The number of rotatable bonds is 3. The lowest BCUT2D eigenvalue weighted by Gasteiger charge is -2.09. The molecule has 20 heavy (non-hydrogen) atoms. The summed E-state index contributed by atoms with van der Waals surface area (Å²) in [6.07, 6.45) is 0. The third-order valence-electron chi connectivity index (χ3n) is 3.22. The van der Waals surface area contributed by atoms with Gasteiger partial charge in [0, 0.05) is 27.6 Å². The molecule has 0 saturated carbocycles. The number of fused-ring (bicyclic) bond motifs is 1. The molecule has 100 valence electrons. The maximum Gasteiger partial charge on any atom is 0.194 e. The molecule has 1 aromatic heterocycles. The van der Waals surface area contributed by atoms with Crippen LogP contribution in [0.3, 0.4) is 0 Å².